The summed E-state index contributed by atoms with van der Waals surface area (Å²) in [5.41, 5.74) is 0.576. The zero-order valence-corrected chi connectivity index (χ0v) is 13.7. The summed E-state index contributed by atoms with van der Waals surface area (Å²) in [5, 5.41) is 10.9. The van der Waals surface area contributed by atoms with Gasteiger partial charge in [0.25, 0.3) is 0 Å². The van der Waals surface area contributed by atoms with Gasteiger partial charge in [0.1, 0.15) is 12.4 Å². The van der Waals surface area contributed by atoms with Crippen molar-refractivity contribution in [1.82, 2.24) is 0 Å². The molecule has 0 saturated heterocycles. The molecule has 7 heteroatoms. The van der Waals surface area contributed by atoms with Gasteiger partial charge < -0.3 is 4.74 Å². The van der Waals surface area contributed by atoms with Gasteiger partial charge in [0.2, 0.25) is 0 Å². The first-order chi connectivity index (χ1) is 9.47. The molecule has 2 aromatic rings. The molecule has 0 bridgehead atoms. The predicted octanol–water partition coefficient (Wildman–Crippen LogP) is 4.68. The number of nitrogens with zero attached hydrogens (tertiary/aromatic N) is 1. The second kappa shape index (κ2) is 6.49. The summed E-state index contributed by atoms with van der Waals surface area (Å²) in [6, 6.07) is 9.60. The Hall–Kier alpha value is -1.22. The van der Waals surface area contributed by atoms with E-state index in [0.717, 1.165) is 21.3 Å². The lowest BCUT2D eigenvalue weighted by atomic mass is 10.2. The molecule has 0 aliphatic rings. The lowest BCUT2D eigenvalue weighted by Crippen LogP contribution is -2.00. The van der Waals surface area contributed by atoms with Gasteiger partial charge in [-0.1, -0.05) is 12.1 Å². The Labute approximate surface area is 136 Å². The number of halogens is 3. The SMILES string of the molecule is O=[N+]([O-])c1cc(Br)c(F)cc1OCc1ccc(I)cc1. The topological polar surface area (TPSA) is 52.4 Å². The molecule has 0 saturated carbocycles. The van der Waals surface area contributed by atoms with Crippen molar-refractivity contribution in [3.8, 4) is 5.75 Å². The largest absolute Gasteiger partial charge is 0.482 e. The molecule has 0 atom stereocenters. The minimum absolute atomic E-state index is 0.0332. The molecule has 2 aromatic carbocycles. The van der Waals surface area contributed by atoms with E-state index < -0.39 is 10.7 Å². The molecule has 0 amide bonds. The van der Waals surface area contributed by atoms with E-state index in [0.29, 0.717) is 0 Å². The van der Waals surface area contributed by atoms with Crippen molar-refractivity contribution in [1.29, 1.82) is 0 Å². The van der Waals surface area contributed by atoms with Crippen molar-refractivity contribution in [3.63, 3.8) is 0 Å². The van der Waals surface area contributed by atoms with Gasteiger partial charge in [-0.05, 0) is 56.2 Å². The van der Waals surface area contributed by atoms with E-state index in [-0.39, 0.29) is 22.5 Å². The van der Waals surface area contributed by atoms with E-state index in [4.69, 9.17) is 4.74 Å². The Balaban J connectivity index is 2.22. The second-order valence-electron chi connectivity index (χ2n) is 3.91. The van der Waals surface area contributed by atoms with E-state index in [1.807, 2.05) is 24.3 Å². The minimum Gasteiger partial charge on any atom is -0.482 e. The van der Waals surface area contributed by atoms with Gasteiger partial charge in [0, 0.05) is 15.7 Å². The maximum atomic E-state index is 13.5. The molecule has 2 rings (SSSR count). The molecular formula is C13H8BrFINO3. The third-order valence-corrected chi connectivity index (χ3v) is 3.83. The standard InChI is InChI=1S/C13H8BrFINO3/c14-10-5-12(17(18)19)13(6-11(10)15)20-7-8-1-3-9(16)4-2-8/h1-6H,7H2. The first-order valence-corrected chi connectivity index (χ1v) is 7.35. The Kier molecular flexibility index (Phi) is 4.92. The number of hydrogen-bond acceptors (Lipinski definition) is 3. The highest BCUT2D eigenvalue weighted by Gasteiger charge is 2.19. The van der Waals surface area contributed by atoms with E-state index in [9.17, 15) is 14.5 Å². The predicted molar refractivity (Wildman–Crippen MR) is 84.2 cm³/mol. The highest BCUT2D eigenvalue weighted by Crippen LogP contribution is 2.33. The molecule has 20 heavy (non-hydrogen) atoms. The lowest BCUT2D eigenvalue weighted by molar-refractivity contribution is -0.386. The molecular weight excluding hydrogens is 444 g/mol. The van der Waals surface area contributed by atoms with Gasteiger partial charge in [0.05, 0.1) is 9.40 Å². The van der Waals surface area contributed by atoms with Gasteiger partial charge in [-0.2, -0.15) is 0 Å². The highest BCUT2D eigenvalue weighted by molar-refractivity contribution is 14.1. The van der Waals surface area contributed by atoms with Crippen LogP contribution in [0.15, 0.2) is 40.9 Å². The molecule has 0 spiro atoms. The molecule has 0 unspecified atom stereocenters. The average molecular weight is 452 g/mol. The van der Waals surface area contributed by atoms with E-state index in [1.165, 1.54) is 0 Å². The van der Waals surface area contributed by atoms with Crippen LogP contribution in [-0.2, 0) is 6.61 Å². The summed E-state index contributed by atoms with van der Waals surface area (Å²) in [4.78, 5) is 10.3. The molecule has 104 valence electrons. The van der Waals surface area contributed by atoms with E-state index in [2.05, 4.69) is 38.5 Å². The molecule has 4 nitrogen and oxygen atoms in total. The summed E-state index contributed by atoms with van der Waals surface area (Å²) >= 11 is 5.09. The Morgan fingerprint density at radius 3 is 2.55 bits per heavy atom. The van der Waals surface area contributed by atoms with Crippen LogP contribution in [0.25, 0.3) is 0 Å². The minimum atomic E-state index is -0.604. The van der Waals surface area contributed by atoms with Gasteiger partial charge in [-0.3, -0.25) is 10.1 Å². The second-order valence-corrected chi connectivity index (χ2v) is 6.01. The Morgan fingerprint density at radius 2 is 1.95 bits per heavy atom. The first kappa shape index (κ1) is 15.2. The van der Waals surface area contributed by atoms with Gasteiger partial charge in [-0.25, -0.2) is 4.39 Å². The zero-order chi connectivity index (χ0) is 14.7. The van der Waals surface area contributed by atoms with Crippen LogP contribution in [0.5, 0.6) is 5.75 Å². The van der Waals surface area contributed by atoms with Gasteiger partial charge in [-0.15, -0.1) is 0 Å². The average Bonchev–Trinajstić information content (AvgIpc) is 2.41. The third kappa shape index (κ3) is 3.66. The normalized spacial score (nSPS) is 10.3. The quantitative estimate of drug-likeness (QED) is 0.385. The fourth-order valence-corrected chi connectivity index (χ4v) is 2.21. The fourth-order valence-electron chi connectivity index (χ4n) is 1.52. The molecule has 0 aromatic heterocycles. The third-order valence-electron chi connectivity index (χ3n) is 2.51. The first-order valence-electron chi connectivity index (χ1n) is 5.48. The van der Waals surface area contributed by atoms with Crippen LogP contribution in [0.4, 0.5) is 10.1 Å². The molecule has 0 radical (unpaired) electrons. The van der Waals surface area contributed by atoms with Crippen LogP contribution < -0.4 is 4.74 Å². The lowest BCUT2D eigenvalue weighted by Gasteiger charge is -2.08. The molecule has 0 aliphatic heterocycles. The summed E-state index contributed by atoms with van der Waals surface area (Å²) in [5.74, 6) is -0.692. The van der Waals surface area contributed by atoms with Gasteiger partial charge in [0.15, 0.2) is 5.75 Å². The zero-order valence-electron chi connectivity index (χ0n) is 9.98. The summed E-state index contributed by atoms with van der Waals surface area (Å²) in [6.07, 6.45) is 0. The number of hydrogen-bond donors (Lipinski definition) is 0. The summed E-state index contributed by atoms with van der Waals surface area (Å²) in [7, 11) is 0. The highest BCUT2D eigenvalue weighted by atomic mass is 127. The maximum Gasteiger partial charge on any atom is 0.312 e. The Morgan fingerprint density at radius 1 is 1.30 bits per heavy atom. The number of nitro groups is 1. The van der Waals surface area contributed by atoms with E-state index >= 15 is 0 Å². The maximum absolute atomic E-state index is 13.5. The molecule has 0 N–H and O–H groups in total. The molecule has 0 aliphatic carbocycles. The molecule has 0 heterocycles. The number of benzene rings is 2. The fraction of sp³-hybridized carbons (Fsp3) is 0.0769. The van der Waals surface area contributed by atoms with Crippen molar-refractivity contribution in [3.05, 3.63) is 65.9 Å². The van der Waals surface area contributed by atoms with Gasteiger partial charge >= 0.3 is 5.69 Å². The van der Waals surface area contributed by atoms with Crippen LogP contribution >= 0.6 is 38.5 Å². The number of nitro benzene ring substituents is 1. The number of ether oxygens (including phenoxy) is 1. The summed E-state index contributed by atoms with van der Waals surface area (Å²) < 4.78 is 19.9. The van der Waals surface area contributed by atoms with Crippen LogP contribution in [0, 0.1) is 19.5 Å². The van der Waals surface area contributed by atoms with Crippen molar-refractivity contribution in [2.24, 2.45) is 0 Å². The van der Waals surface area contributed by atoms with Crippen molar-refractivity contribution in [2.45, 2.75) is 6.61 Å². The van der Waals surface area contributed by atoms with E-state index in [1.54, 1.807) is 0 Å². The van der Waals surface area contributed by atoms with Crippen LogP contribution in [0.2, 0.25) is 0 Å². The summed E-state index contributed by atoms with van der Waals surface area (Å²) in [6.45, 7) is 0.138. The number of rotatable bonds is 4. The van der Waals surface area contributed by atoms with Crippen LogP contribution in [-0.4, -0.2) is 4.92 Å². The smallest absolute Gasteiger partial charge is 0.312 e. The monoisotopic (exact) mass is 451 g/mol. The Bertz CT molecular complexity index is 649. The van der Waals surface area contributed by atoms with Crippen molar-refractivity contribution < 1.29 is 14.1 Å². The van der Waals surface area contributed by atoms with Crippen molar-refractivity contribution >= 4 is 44.2 Å². The molecule has 0 fully saturated rings. The van der Waals surface area contributed by atoms with Crippen LogP contribution in [0.3, 0.4) is 0 Å². The van der Waals surface area contributed by atoms with Crippen molar-refractivity contribution in [2.75, 3.05) is 0 Å². The van der Waals surface area contributed by atoms with Crippen LogP contribution in [0.1, 0.15) is 5.56 Å².